The van der Waals surface area contributed by atoms with E-state index in [1.54, 1.807) is 11.3 Å². The topological polar surface area (TPSA) is 36.4 Å². The highest BCUT2D eigenvalue weighted by atomic mass is 127. The molecule has 1 aromatic heterocycles. The molecule has 0 radical (unpaired) electrons. The van der Waals surface area contributed by atoms with E-state index >= 15 is 0 Å². The average molecular weight is 393 g/mol. The molecule has 0 atom stereocenters. The van der Waals surface area contributed by atoms with E-state index in [1.165, 1.54) is 37.0 Å². The molecule has 1 fully saturated rings. The maximum absolute atomic E-state index is 4.65. The third kappa shape index (κ3) is 6.12. The summed E-state index contributed by atoms with van der Waals surface area (Å²) in [5.74, 6) is 0.970. The molecule has 1 heterocycles. The maximum atomic E-state index is 4.65. The fourth-order valence-electron chi connectivity index (χ4n) is 2.32. The Hall–Kier alpha value is -0.300. The number of halogens is 1. The SMILES string of the molecule is CCNC(=NCc1cccs1)NC1CCCCC1.I. The van der Waals surface area contributed by atoms with E-state index < -0.39 is 0 Å². The van der Waals surface area contributed by atoms with Gasteiger partial charge in [0.2, 0.25) is 0 Å². The summed E-state index contributed by atoms with van der Waals surface area (Å²) in [7, 11) is 0. The molecule has 0 bridgehead atoms. The molecule has 0 saturated heterocycles. The zero-order valence-corrected chi connectivity index (χ0v) is 14.7. The van der Waals surface area contributed by atoms with Gasteiger partial charge in [-0.05, 0) is 31.2 Å². The average Bonchev–Trinajstić information content (AvgIpc) is 2.91. The molecule has 5 heteroatoms. The van der Waals surface area contributed by atoms with Gasteiger partial charge in [0.15, 0.2) is 5.96 Å². The summed E-state index contributed by atoms with van der Waals surface area (Å²) in [6.45, 7) is 3.81. The van der Waals surface area contributed by atoms with Gasteiger partial charge in [0.05, 0.1) is 6.54 Å². The van der Waals surface area contributed by atoms with Crippen LogP contribution >= 0.6 is 35.3 Å². The highest BCUT2D eigenvalue weighted by Crippen LogP contribution is 2.17. The highest BCUT2D eigenvalue weighted by molar-refractivity contribution is 14.0. The number of hydrogen-bond acceptors (Lipinski definition) is 2. The van der Waals surface area contributed by atoms with Crippen molar-refractivity contribution in [1.29, 1.82) is 0 Å². The number of thiophene rings is 1. The Morgan fingerprint density at radius 3 is 2.79 bits per heavy atom. The van der Waals surface area contributed by atoms with Crippen LogP contribution in [0.2, 0.25) is 0 Å². The molecule has 0 amide bonds. The number of rotatable bonds is 4. The summed E-state index contributed by atoms with van der Waals surface area (Å²) in [6.07, 6.45) is 6.65. The van der Waals surface area contributed by atoms with E-state index in [4.69, 9.17) is 0 Å². The molecule has 1 aliphatic carbocycles. The van der Waals surface area contributed by atoms with Gasteiger partial charge in [-0.2, -0.15) is 0 Å². The van der Waals surface area contributed by atoms with E-state index in [0.717, 1.165) is 19.0 Å². The first kappa shape index (κ1) is 16.8. The largest absolute Gasteiger partial charge is 0.357 e. The van der Waals surface area contributed by atoms with Crippen LogP contribution in [0.3, 0.4) is 0 Å². The molecule has 0 unspecified atom stereocenters. The Morgan fingerprint density at radius 2 is 2.16 bits per heavy atom. The fraction of sp³-hybridized carbons (Fsp3) is 0.643. The van der Waals surface area contributed by atoms with Gasteiger partial charge in [-0.1, -0.05) is 25.3 Å². The lowest BCUT2D eigenvalue weighted by Crippen LogP contribution is -2.44. The van der Waals surface area contributed by atoms with E-state index in [-0.39, 0.29) is 24.0 Å². The smallest absolute Gasteiger partial charge is 0.191 e. The summed E-state index contributed by atoms with van der Waals surface area (Å²) < 4.78 is 0. The van der Waals surface area contributed by atoms with Gasteiger partial charge in [0.1, 0.15) is 0 Å². The highest BCUT2D eigenvalue weighted by Gasteiger charge is 2.14. The van der Waals surface area contributed by atoms with Crippen LogP contribution in [0.1, 0.15) is 43.9 Å². The number of nitrogens with one attached hydrogen (secondary N) is 2. The van der Waals surface area contributed by atoms with Crippen molar-refractivity contribution in [3.8, 4) is 0 Å². The van der Waals surface area contributed by atoms with Crippen molar-refractivity contribution >= 4 is 41.3 Å². The van der Waals surface area contributed by atoms with Crippen LogP contribution in [0.4, 0.5) is 0 Å². The Bertz CT molecular complexity index is 359. The van der Waals surface area contributed by atoms with Gasteiger partial charge >= 0.3 is 0 Å². The Labute approximate surface area is 137 Å². The van der Waals surface area contributed by atoms with E-state index in [9.17, 15) is 0 Å². The Kier molecular flexibility index (Phi) is 8.45. The minimum absolute atomic E-state index is 0. The van der Waals surface area contributed by atoms with Crippen LogP contribution in [-0.4, -0.2) is 18.5 Å². The molecule has 0 aliphatic heterocycles. The Balaban J connectivity index is 0.00000180. The predicted molar refractivity (Wildman–Crippen MR) is 94.6 cm³/mol. The van der Waals surface area contributed by atoms with Crippen molar-refractivity contribution < 1.29 is 0 Å². The van der Waals surface area contributed by atoms with Gasteiger partial charge < -0.3 is 10.6 Å². The first-order chi connectivity index (χ1) is 8.88. The first-order valence-electron chi connectivity index (χ1n) is 6.95. The van der Waals surface area contributed by atoms with Gasteiger partial charge in [-0.25, -0.2) is 4.99 Å². The molecule has 0 aromatic carbocycles. The molecule has 108 valence electrons. The van der Waals surface area contributed by atoms with Crippen molar-refractivity contribution in [3.05, 3.63) is 22.4 Å². The normalized spacial score (nSPS) is 16.8. The molecular weight excluding hydrogens is 369 g/mol. The van der Waals surface area contributed by atoms with Crippen LogP contribution in [0.15, 0.2) is 22.5 Å². The molecule has 2 rings (SSSR count). The fourth-order valence-corrected chi connectivity index (χ4v) is 2.95. The van der Waals surface area contributed by atoms with Gasteiger partial charge in [0.25, 0.3) is 0 Å². The van der Waals surface area contributed by atoms with Crippen molar-refractivity contribution in [2.75, 3.05) is 6.54 Å². The first-order valence-corrected chi connectivity index (χ1v) is 7.83. The van der Waals surface area contributed by atoms with Gasteiger partial charge in [-0.3, -0.25) is 0 Å². The van der Waals surface area contributed by atoms with Crippen molar-refractivity contribution in [2.24, 2.45) is 4.99 Å². The maximum Gasteiger partial charge on any atom is 0.191 e. The quantitative estimate of drug-likeness (QED) is 0.464. The standard InChI is InChI=1S/C14H23N3S.HI/c1-2-15-14(16-11-13-9-6-10-18-13)17-12-7-4-3-5-8-12;/h6,9-10,12H,2-5,7-8,11H2,1H3,(H2,15,16,17);1H. The monoisotopic (exact) mass is 393 g/mol. The third-order valence-corrected chi connectivity index (χ3v) is 4.12. The molecule has 0 spiro atoms. The molecule has 2 N–H and O–H groups in total. The summed E-state index contributed by atoms with van der Waals surface area (Å²) in [6, 6.07) is 4.83. The van der Waals surface area contributed by atoms with Gasteiger partial charge in [-0.15, -0.1) is 35.3 Å². The van der Waals surface area contributed by atoms with Crippen molar-refractivity contribution in [1.82, 2.24) is 10.6 Å². The molecule has 1 aromatic rings. The molecule has 19 heavy (non-hydrogen) atoms. The minimum atomic E-state index is 0. The molecule has 3 nitrogen and oxygen atoms in total. The number of guanidine groups is 1. The lowest BCUT2D eigenvalue weighted by molar-refractivity contribution is 0.410. The number of nitrogens with zero attached hydrogens (tertiary/aromatic N) is 1. The van der Waals surface area contributed by atoms with Crippen LogP contribution in [0, 0.1) is 0 Å². The second-order valence-corrected chi connectivity index (χ2v) is 5.79. The van der Waals surface area contributed by atoms with Crippen LogP contribution < -0.4 is 10.6 Å². The second kappa shape index (κ2) is 9.58. The summed E-state index contributed by atoms with van der Waals surface area (Å²) in [5.41, 5.74) is 0. The zero-order chi connectivity index (χ0) is 12.6. The van der Waals surface area contributed by atoms with Crippen molar-refractivity contribution in [3.63, 3.8) is 0 Å². The molecular formula is C14H24IN3S. The van der Waals surface area contributed by atoms with Crippen LogP contribution in [0.25, 0.3) is 0 Å². The predicted octanol–water partition coefficient (Wildman–Crippen LogP) is 3.75. The summed E-state index contributed by atoms with van der Waals surface area (Å²) >= 11 is 1.77. The van der Waals surface area contributed by atoms with E-state index in [2.05, 4.69) is 40.1 Å². The lowest BCUT2D eigenvalue weighted by atomic mass is 9.96. The van der Waals surface area contributed by atoms with Crippen LogP contribution in [0.5, 0.6) is 0 Å². The van der Waals surface area contributed by atoms with E-state index in [0.29, 0.717) is 6.04 Å². The van der Waals surface area contributed by atoms with Crippen molar-refractivity contribution in [2.45, 2.75) is 51.6 Å². The third-order valence-electron chi connectivity index (χ3n) is 3.26. The van der Waals surface area contributed by atoms with Crippen LogP contribution in [-0.2, 0) is 6.54 Å². The van der Waals surface area contributed by atoms with E-state index in [1.807, 2.05) is 0 Å². The second-order valence-electron chi connectivity index (χ2n) is 4.75. The Morgan fingerprint density at radius 1 is 1.37 bits per heavy atom. The van der Waals surface area contributed by atoms with Gasteiger partial charge in [0, 0.05) is 17.5 Å². The lowest BCUT2D eigenvalue weighted by Gasteiger charge is -2.24. The number of hydrogen-bond donors (Lipinski definition) is 2. The summed E-state index contributed by atoms with van der Waals surface area (Å²) in [4.78, 5) is 5.97. The summed E-state index contributed by atoms with van der Waals surface area (Å²) in [5, 5.41) is 9.00. The molecule has 1 aliphatic rings. The zero-order valence-electron chi connectivity index (χ0n) is 11.5. The molecule has 1 saturated carbocycles. The minimum Gasteiger partial charge on any atom is -0.357 e. The number of aliphatic imine (C=N–C) groups is 1.